The van der Waals surface area contributed by atoms with Gasteiger partial charge in [-0.2, -0.15) is 0 Å². The highest BCUT2D eigenvalue weighted by Gasteiger charge is 2.16. The van der Waals surface area contributed by atoms with Crippen molar-refractivity contribution in [3.8, 4) is 0 Å². The summed E-state index contributed by atoms with van der Waals surface area (Å²) in [6.45, 7) is 1.70. The van der Waals surface area contributed by atoms with Crippen LogP contribution in [0.25, 0.3) is 10.9 Å². The van der Waals surface area contributed by atoms with Gasteiger partial charge < -0.3 is 15.0 Å². The number of aromatic nitrogens is 1. The Kier molecular flexibility index (Phi) is 6.63. The molecule has 0 aliphatic heterocycles. The SMILES string of the molecule is O=C(O)CCc1ccc(NCc2ccc3ccn(CC4CCCCC4)c3c2Cl)cc1. The van der Waals surface area contributed by atoms with Gasteiger partial charge >= 0.3 is 5.97 Å². The van der Waals surface area contributed by atoms with E-state index in [2.05, 4.69) is 34.3 Å². The van der Waals surface area contributed by atoms with Crippen molar-refractivity contribution < 1.29 is 9.90 Å². The molecule has 1 aromatic heterocycles. The lowest BCUT2D eigenvalue weighted by Gasteiger charge is -2.23. The maximum atomic E-state index is 10.7. The van der Waals surface area contributed by atoms with E-state index in [1.165, 1.54) is 37.5 Å². The minimum absolute atomic E-state index is 0.156. The minimum Gasteiger partial charge on any atom is -0.481 e. The van der Waals surface area contributed by atoms with Crippen molar-refractivity contribution in [3.05, 3.63) is 64.8 Å². The Labute approximate surface area is 182 Å². The van der Waals surface area contributed by atoms with Crippen LogP contribution in [-0.2, 0) is 24.3 Å². The fraction of sp³-hybridized carbons (Fsp3) is 0.400. The molecule has 0 saturated heterocycles. The first-order valence-electron chi connectivity index (χ1n) is 10.9. The highest BCUT2D eigenvalue weighted by Crippen LogP contribution is 2.32. The van der Waals surface area contributed by atoms with Gasteiger partial charge in [-0.25, -0.2) is 0 Å². The fourth-order valence-electron chi connectivity index (χ4n) is 4.47. The highest BCUT2D eigenvalue weighted by molar-refractivity contribution is 6.36. The Morgan fingerprint density at radius 2 is 1.83 bits per heavy atom. The van der Waals surface area contributed by atoms with Crippen molar-refractivity contribution in [1.82, 2.24) is 4.57 Å². The summed E-state index contributed by atoms with van der Waals surface area (Å²) < 4.78 is 2.34. The Hall–Kier alpha value is -2.46. The van der Waals surface area contributed by atoms with Gasteiger partial charge in [0.2, 0.25) is 0 Å². The van der Waals surface area contributed by atoms with E-state index in [1.54, 1.807) is 0 Å². The highest BCUT2D eigenvalue weighted by atomic mass is 35.5. The number of carboxylic acids is 1. The molecule has 5 heteroatoms. The van der Waals surface area contributed by atoms with Crippen LogP contribution in [-0.4, -0.2) is 15.6 Å². The summed E-state index contributed by atoms with van der Waals surface area (Å²) in [5, 5.41) is 14.3. The molecule has 0 bridgehead atoms. The molecule has 0 atom stereocenters. The Balaban J connectivity index is 1.44. The predicted molar refractivity (Wildman–Crippen MR) is 123 cm³/mol. The number of nitrogens with zero attached hydrogens (tertiary/aromatic N) is 1. The van der Waals surface area contributed by atoms with Crippen LogP contribution in [0.3, 0.4) is 0 Å². The molecule has 1 aliphatic rings. The molecule has 4 nitrogen and oxygen atoms in total. The number of aliphatic carboxylic acids is 1. The van der Waals surface area contributed by atoms with E-state index in [4.69, 9.17) is 16.7 Å². The van der Waals surface area contributed by atoms with Crippen LogP contribution in [0.4, 0.5) is 5.69 Å². The summed E-state index contributed by atoms with van der Waals surface area (Å²) in [5.74, 6) is -0.0117. The molecule has 1 heterocycles. The molecule has 1 saturated carbocycles. The first-order chi connectivity index (χ1) is 14.6. The lowest BCUT2D eigenvalue weighted by molar-refractivity contribution is -0.136. The molecule has 0 spiro atoms. The number of rotatable bonds is 8. The average molecular weight is 425 g/mol. The van der Waals surface area contributed by atoms with Crippen molar-refractivity contribution in [2.45, 2.75) is 58.0 Å². The maximum absolute atomic E-state index is 10.7. The van der Waals surface area contributed by atoms with Gasteiger partial charge in [0.15, 0.2) is 0 Å². The van der Waals surface area contributed by atoms with Crippen molar-refractivity contribution in [2.75, 3.05) is 5.32 Å². The van der Waals surface area contributed by atoms with Crippen LogP contribution < -0.4 is 5.32 Å². The summed E-state index contributed by atoms with van der Waals surface area (Å²) in [6.07, 6.45) is 9.60. The maximum Gasteiger partial charge on any atom is 0.303 e. The van der Waals surface area contributed by atoms with Crippen LogP contribution in [0.5, 0.6) is 0 Å². The van der Waals surface area contributed by atoms with E-state index in [1.807, 2.05) is 24.3 Å². The van der Waals surface area contributed by atoms with Crippen LogP contribution in [0, 0.1) is 5.92 Å². The summed E-state index contributed by atoms with van der Waals surface area (Å²) in [5.41, 5.74) is 4.26. The Morgan fingerprint density at radius 3 is 2.57 bits per heavy atom. The minimum atomic E-state index is -0.768. The van der Waals surface area contributed by atoms with Gasteiger partial charge in [-0.05, 0) is 54.5 Å². The van der Waals surface area contributed by atoms with E-state index in [-0.39, 0.29) is 6.42 Å². The fourth-order valence-corrected chi connectivity index (χ4v) is 4.81. The zero-order valence-corrected chi connectivity index (χ0v) is 18.0. The number of hydrogen-bond donors (Lipinski definition) is 2. The molecule has 1 aliphatic carbocycles. The summed E-state index contributed by atoms with van der Waals surface area (Å²) >= 11 is 6.85. The van der Waals surface area contributed by atoms with Gasteiger partial charge in [-0.1, -0.05) is 55.1 Å². The molecule has 0 amide bonds. The van der Waals surface area contributed by atoms with E-state index >= 15 is 0 Å². The zero-order valence-electron chi connectivity index (χ0n) is 17.2. The van der Waals surface area contributed by atoms with Gasteiger partial charge in [0.25, 0.3) is 0 Å². The van der Waals surface area contributed by atoms with Gasteiger partial charge in [0.05, 0.1) is 10.5 Å². The predicted octanol–water partition coefficient (Wildman–Crippen LogP) is 6.50. The molecule has 2 N–H and O–H groups in total. The van der Waals surface area contributed by atoms with Crippen LogP contribution in [0.2, 0.25) is 5.02 Å². The summed E-state index contributed by atoms with van der Waals surface area (Å²) in [4.78, 5) is 10.7. The number of aryl methyl sites for hydroxylation is 1. The van der Waals surface area contributed by atoms with Crippen molar-refractivity contribution in [2.24, 2.45) is 5.92 Å². The second-order valence-corrected chi connectivity index (χ2v) is 8.77. The van der Waals surface area contributed by atoms with Gasteiger partial charge in [0, 0.05) is 36.8 Å². The number of anilines is 1. The third kappa shape index (κ3) is 4.99. The quantitative estimate of drug-likeness (QED) is 0.433. The standard InChI is InChI=1S/C25H29ClN2O2/c26-24-21(16-27-22-11-6-18(7-12-22)8-13-23(29)30)10-9-20-14-15-28(25(20)24)17-19-4-2-1-3-5-19/h6-7,9-12,14-15,19,27H,1-5,8,13,16-17H2,(H,29,30). The molecule has 4 rings (SSSR count). The van der Waals surface area contributed by atoms with Crippen LogP contribution >= 0.6 is 11.6 Å². The smallest absolute Gasteiger partial charge is 0.303 e. The average Bonchev–Trinajstić information content (AvgIpc) is 3.17. The lowest BCUT2D eigenvalue weighted by Crippen LogP contribution is -2.13. The van der Waals surface area contributed by atoms with Crippen LogP contribution in [0.1, 0.15) is 49.7 Å². The number of fused-ring (bicyclic) bond motifs is 1. The summed E-state index contributed by atoms with van der Waals surface area (Å²) in [6, 6.07) is 14.4. The van der Waals surface area contributed by atoms with E-state index in [9.17, 15) is 4.79 Å². The second-order valence-electron chi connectivity index (χ2n) is 8.39. The Morgan fingerprint density at radius 1 is 1.07 bits per heavy atom. The van der Waals surface area contributed by atoms with Crippen LogP contribution in [0.15, 0.2) is 48.7 Å². The number of hydrogen-bond acceptors (Lipinski definition) is 2. The molecule has 3 aromatic rings. The number of benzene rings is 2. The van der Waals surface area contributed by atoms with E-state index in [0.29, 0.717) is 13.0 Å². The first kappa shape index (κ1) is 20.8. The molecule has 2 aromatic carbocycles. The molecular formula is C25H29ClN2O2. The third-order valence-corrected chi connectivity index (χ3v) is 6.61. The molecule has 1 fully saturated rings. The van der Waals surface area contributed by atoms with Crippen molar-refractivity contribution in [3.63, 3.8) is 0 Å². The number of nitrogens with one attached hydrogen (secondary N) is 1. The topological polar surface area (TPSA) is 54.3 Å². The largest absolute Gasteiger partial charge is 0.481 e. The first-order valence-corrected chi connectivity index (χ1v) is 11.3. The normalized spacial score (nSPS) is 14.8. The van der Waals surface area contributed by atoms with Gasteiger partial charge in [-0.15, -0.1) is 0 Å². The van der Waals surface area contributed by atoms with Gasteiger partial charge in [-0.3, -0.25) is 4.79 Å². The number of carboxylic acid groups (broad SMARTS) is 1. The van der Waals surface area contributed by atoms with Crippen molar-refractivity contribution >= 4 is 34.2 Å². The Bertz CT molecular complexity index is 1000. The monoisotopic (exact) mass is 424 g/mol. The zero-order chi connectivity index (χ0) is 20.9. The van der Waals surface area contributed by atoms with Gasteiger partial charge in [0.1, 0.15) is 0 Å². The second kappa shape index (κ2) is 9.57. The van der Waals surface area contributed by atoms with E-state index < -0.39 is 5.97 Å². The lowest BCUT2D eigenvalue weighted by atomic mass is 9.89. The third-order valence-electron chi connectivity index (χ3n) is 6.19. The molecule has 158 valence electrons. The number of carbonyl (C=O) groups is 1. The molecular weight excluding hydrogens is 396 g/mol. The molecule has 0 unspecified atom stereocenters. The van der Waals surface area contributed by atoms with Crippen molar-refractivity contribution in [1.29, 1.82) is 0 Å². The summed E-state index contributed by atoms with van der Waals surface area (Å²) in [7, 11) is 0. The van der Waals surface area contributed by atoms with E-state index in [0.717, 1.165) is 39.8 Å². The molecule has 0 radical (unpaired) electrons. The molecule has 30 heavy (non-hydrogen) atoms. The number of halogens is 1.